The Labute approximate surface area is 146 Å². The van der Waals surface area contributed by atoms with Crippen LogP contribution in [0.4, 0.5) is 4.39 Å². The van der Waals surface area contributed by atoms with Crippen LogP contribution in [0.1, 0.15) is 38.2 Å². The first-order valence-corrected chi connectivity index (χ1v) is 8.41. The largest absolute Gasteiger partial charge is 0.481 e. The van der Waals surface area contributed by atoms with E-state index in [-0.39, 0.29) is 42.2 Å². The van der Waals surface area contributed by atoms with Crippen LogP contribution in [-0.4, -0.2) is 46.5 Å². The second-order valence-corrected chi connectivity index (χ2v) is 7.28. The zero-order valence-corrected chi connectivity index (χ0v) is 14.4. The smallest absolute Gasteiger partial charge is 0.289 e. The van der Waals surface area contributed by atoms with Crippen LogP contribution in [0, 0.1) is 5.82 Å². The molecule has 134 valence electrons. The maximum Gasteiger partial charge on any atom is 0.289 e. The zero-order chi connectivity index (χ0) is 18.2. The first-order chi connectivity index (χ1) is 11.7. The molecule has 0 aromatic heterocycles. The average Bonchev–Trinajstić information content (AvgIpc) is 2.53. The molecular formula is C19H22FNO4. The number of benzene rings is 1. The molecule has 0 spiro atoms. The Morgan fingerprint density at radius 3 is 2.60 bits per heavy atom. The standard InChI is InChI=1S/C19H22FNO4/c1-19(2)10-14(22)9-17(25-19)18(24)21-8-7-15(16(23)11-21)12-3-5-13(20)6-4-12/h3-6,9,15-16,23H,7-8,10-11H2,1-2H3/t15-,16+/m1/s1. The Balaban J connectivity index is 1.69. The Morgan fingerprint density at radius 2 is 2.00 bits per heavy atom. The maximum absolute atomic E-state index is 13.1. The molecule has 0 unspecified atom stereocenters. The van der Waals surface area contributed by atoms with Crippen molar-refractivity contribution in [3.05, 3.63) is 47.5 Å². The van der Waals surface area contributed by atoms with E-state index >= 15 is 0 Å². The molecule has 1 amide bonds. The molecule has 3 rings (SSSR count). The van der Waals surface area contributed by atoms with Gasteiger partial charge in [0.15, 0.2) is 11.5 Å². The Morgan fingerprint density at radius 1 is 1.32 bits per heavy atom. The average molecular weight is 347 g/mol. The van der Waals surface area contributed by atoms with Crippen molar-refractivity contribution in [3.8, 4) is 0 Å². The number of carbonyl (C=O) groups is 2. The van der Waals surface area contributed by atoms with Crippen LogP contribution in [0.3, 0.4) is 0 Å². The lowest BCUT2D eigenvalue weighted by atomic mass is 9.87. The molecule has 1 aromatic rings. The van der Waals surface area contributed by atoms with Gasteiger partial charge < -0.3 is 14.7 Å². The van der Waals surface area contributed by atoms with Gasteiger partial charge in [0.25, 0.3) is 5.91 Å². The summed E-state index contributed by atoms with van der Waals surface area (Å²) in [7, 11) is 0. The second-order valence-electron chi connectivity index (χ2n) is 7.28. The van der Waals surface area contributed by atoms with Gasteiger partial charge in [-0.15, -0.1) is 0 Å². The molecule has 0 bridgehead atoms. The molecule has 0 radical (unpaired) electrons. The van der Waals surface area contributed by atoms with Gasteiger partial charge in [-0.05, 0) is 38.0 Å². The molecule has 0 saturated carbocycles. The number of hydrogen-bond donors (Lipinski definition) is 1. The molecule has 0 aliphatic carbocycles. The van der Waals surface area contributed by atoms with Crippen molar-refractivity contribution < 1.29 is 23.8 Å². The quantitative estimate of drug-likeness (QED) is 0.890. The molecule has 1 aromatic carbocycles. The number of halogens is 1. The number of likely N-dealkylation sites (tertiary alicyclic amines) is 1. The number of nitrogens with zero attached hydrogens (tertiary/aromatic N) is 1. The van der Waals surface area contributed by atoms with Gasteiger partial charge in [-0.3, -0.25) is 9.59 Å². The van der Waals surface area contributed by atoms with Gasteiger partial charge in [0.2, 0.25) is 0 Å². The molecule has 1 saturated heterocycles. The molecule has 25 heavy (non-hydrogen) atoms. The van der Waals surface area contributed by atoms with Crippen LogP contribution in [0.2, 0.25) is 0 Å². The van der Waals surface area contributed by atoms with Crippen LogP contribution in [-0.2, 0) is 14.3 Å². The highest BCUT2D eigenvalue weighted by molar-refractivity contribution is 6.01. The minimum atomic E-state index is -0.754. The molecule has 6 heteroatoms. The third-order valence-electron chi connectivity index (χ3n) is 4.66. The monoisotopic (exact) mass is 347 g/mol. The number of aliphatic hydroxyl groups is 1. The highest BCUT2D eigenvalue weighted by Crippen LogP contribution is 2.31. The van der Waals surface area contributed by atoms with Gasteiger partial charge in [0.1, 0.15) is 11.4 Å². The van der Waals surface area contributed by atoms with Crippen LogP contribution < -0.4 is 0 Å². The second kappa shape index (κ2) is 6.59. The van der Waals surface area contributed by atoms with Crippen molar-refractivity contribution in [1.82, 2.24) is 4.90 Å². The van der Waals surface area contributed by atoms with E-state index in [9.17, 15) is 19.1 Å². The predicted octanol–water partition coefficient (Wildman–Crippen LogP) is 2.15. The van der Waals surface area contributed by atoms with Crippen molar-refractivity contribution in [2.75, 3.05) is 13.1 Å². The fourth-order valence-electron chi connectivity index (χ4n) is 3.46. The van der Waals surface area contributed by atoms with Gasteiger partial charge in [0, 0.05) is 31.5 Å². The highest BCUT2D eigenvalue weighted by Gasteiger charge is 2.37. The fourth-order valence-corrected chi connectivity index (χ4v) is 3.46. The van der Waals surface area contributed by atoms with E-state index in [2.05, 4.69) is 0 Å². The van der Waals surface area contributed by atoms with Crippen molar-refractivity contribution in [2.24, 2.45) is 0 Å². The van der Waals surface area contributed by atoms with Crippen molar-refractivity contribution in [2.45, 2.75) is 44.3 Å². The topological polar surface area (TPSA) is 66.8 Å². The van der Waals surface area contributed by atoms with Crippen molar-refractivity contribution >= 4 is 11.7 Å². The van der Waals surface area contributed by atoms with E-state index in [1.807, 2.05) is 0 Å². The van der Waals surface area contributed by atoms with Crippen molar-refractivity contribution in [1.29, 1.82) is 0 Å². The summed E-state index contributed by atoms with van der Waals surface area (Å²) in [6.07, 6.45) is 1.28. The van der Waals surface area contributed by atoms with Gasteiger partial charge in [0.05, 0.1) is 6.10 Å². The van der Waals surface area contributed by atoms with Gasteiger partial charge >= 0.3 is 0 Å². The normalized spacial score (nSPS) is 26.0. The maximum atomic E-state index is 13.1. The highest BCUT2D eigenvalue weighted by atomic mass is 19.1. The van der Waals surface area contributed by atoms with E-state index in [0.29, 0.717) is 13.0 Å². The van der Waals surface area contributed by atoms with Crippen molar-refractivity contribution in [3.63, 3.8) is 0 Å². The summed E-state index contributed by atoms with van der Waals surface area (Å²) in [5.41, 5.74) is 0.146. The number of carbonyl (C=O) groups excluding carboxylic acids is 2. The Bertz CT molecular complexity index is 711. The summed E-state index contributed by atoms with van der Waals surface area (Å²) in [6, 6.07) is 6.06. The van der Waals surface area contributed by atoms with Gasteiger partial charge in [-0.2, -0.15) is 0 Å². The van der Waals surface area contributed by atoms with E-state index in [1.165, 1.54) is 23.1 Å². The molecule has 5 nitrogen and oxygen atoms in total. The number of rotatable bonds is 2. The number of hydrogen-bond acceptors (Lipinski definition) is 4. The number of amides is 1. The first-order valence-electron chi connectivity index (χ1n) is 8.41. The summed E-state index contributed by atoms with van der Waals surface area (Å²) in [6.45, 7) is 4.12. The number of ketones is 1. The third-order valence-corrected chi connectivity index (χ3v) is 4.66. The van der Waals surface area contributed by atoms with Gasteiger partial charge in [-0.1, -0.05) is 12.1 Å². The zero-order valence-electron chi connectivity index (χ0n) is 14.4. The van der Waals surface area contributed by atoms with E-state index in [4.69, 9.17) is 4.74 Å². The predicted molar refractivity (Wildman–Crippen MR) is 89.2 cm³/mol. The van der Waals surface area contributed by atoms with Crippen LogP contribution >= 0.6 is 0 Å². The lowest BCUT2D eigenvalue weighted by Crippen LogP contribution is -2.47. The lowest BCUT2D eigenvalue weighted by molar-refractivity contribution is -0.140. The minimum Gasteiger partial charge on any atom is -0.481 e. The molecule has 1 fully saturated rings. The van der Waals surface area contributed by atoms with Crippen LogP contribution in [0.5, 0.6) is 0 Å². The summed E-state index contributed by atoms with van der Waals surface area (Å²) in [5.74, 6) is -0.948. The molecule has 2 aliphatic heterocycles. The van der Waals surface area contributed by atoms with Crippen LogP contribution in [0.15, 0.2) is 36.1 Å². The van der Waals surface area contributed by atoms with Crippen LogP contribution in [0.25, 0.3) is 0 Å². The third kappa shape index (κ3) is 3.90. The number of aliphatic hydroxyl groups excluding tert-OH is 1. The van der Waals surface area contributed by atoms with Gasteiger partial charge in [-0.25, -0.2) is 4.39 Å². The Hall–Kier alpha value is -2.21. The van der Waals surface area contributed by atoms with E-state index in [0.717, 1.165) is 5.56 Å². The lowest BCUT2D eigenvalue weighted by Gasteiger charge is -2.38. The summed E-state index contributed by atoms with van der Waals surface area (Å²) in [4.78, 5) is 25.9. The number of ether oxygens (including phenoxy) is 1. The minimum absolute atomic E-state index is 0.0358. The van der Waals surface area contributed by atoms with E-state index in [1.54, 1.807) is 26.0 Å². The number of allylic oxidation sites excluding steroid dienone is 1. The molecule has 1 N–H and O–H groups in total. The Kier molecular flexibility index (Phi) is 4.64. The molecule has 2 heterocycles. The molecular weight excluding hydrogens is 325 g/mol. The number of β-amino-alcohol motifs (C(OH)–C–C–N with tert-alkyl or cyclic N) is 1. The summed E-state index contributed by atoms with van der Waals surface area (Å²) < 4.78 is 18.7. The first kappa shape index (κ1) is 17.6. The SMILES string of the molecule is CC1(C)CC(=O)C=C(C(=O)N2CC[C@H](c3ccc(F)cc3)[C@@H](O)C2)O1. The van der Waals surface area contributed by atoms with E-state index < -0.39 is 11.7 Å². The summed E-state index contributed by atoms with van der Waals surface area (Å²) >= 11 is 0. The fraction of sp³-hybridized carbons (Fsp3) is 0.474. The molecule has 2 atom stereocenters. The molecule has 2 aliphatic rings. The summed E-state index contributed by atoms with van der Waals surface area (Å²) in [5, 5.41) is 10.4. The number of piperidine rings is 1.